The molecule has 2 N–H and O–H groups in total. The lowest BCUT2D eigenvalue weighted by Crippen LogP contribution is -2.49. The molecule has 1 amide bonds. The van der Waals surface area contributed by atoms with Gasteiger partial charge in [0.15, 0.2) is 0 Å². The summed E-state index contributed by atoms with van der Waals surface area (Å²) in [6.07, 6.45) is 3.27. The summed E-state index contributed by atoms with van der Waals surface area (Å²) < 4.78 is 13.0. The third-order valence-corrected chi connectivity index (χ3v) is 4.90. The van der Waals surface area contributed by atoms with Gasteiger partial charge in [-0.2, -0.15) is 0 Å². The second kappa shape index (κ2) is 7.94. The number of piperidine rings is 2. The van der Waals surface area contributed by atoms with Gasteiger partial charge in [-0.1, -0.05) is 0 Å². The summed E-state index contributed by atoms with van der Waals surface area (Å²) in [5.41, 5.74) is 1.03. The van der Waals surface area contributed by atoms with Crippen molar-refractivity contribution in [2.24, 2.45) is 0 Å². The first kappa shape index (κ1) is 17.2. The Hall–Kier alpha value is -1.66. The number of halogens is 1. The van der Waals surface area contributed by atoms with Gasteiger partial charge >= 0.3 is 0 Å². The van der Waals surface area contributed by atoms with E-state index in [1.54, 1.807) is 12.1 Å². The fourth-order valence-corrected chi connectivity index (χ4v) is 3.59. The number of benzene rings is 1. The molecule has 132 valence electrons. The molecular weight excluding hydrogens is 309 g/mol. The summed E-state index contributed by atoms with van der Waals surface area (Å²) in [5, 5.41) is 12.8. The maximum absolute atomic E-state index is 13.0. The molecule has 6 heteroatoms. The van der Waals surface area contributed by atoms with E-state index in [1.165, 1.54) is 12.1 Å². The van der Waals surface area contributed by atoms with E-state index >= 15 is 0 Å². The molecule has 0 aliphatic carbocycles. The van der Waals surface area contributed by atoms with Crippen LogP contribution in [0, 0.1) is 5.82 Å². The molecule has 1 atom stereocenters. The number of hydrogen-bond donors (Lipinski definition) is 2. The maximum Gasteiger partial charge on any atom is 0.234 e. The quantitative estimate of drug-likeness (QED) is 0.873. The molecule has 0 bridgehead atoms. The molecule has 1 aromatic rings. The van der Waals surface area contributed by atoms with Crippen LogP contribution in [0.15, 0.2) is 24.3 Å². The van der Waals surface area contributed by atoms with Crippen LogP contribution in [0.3, 0.4) is 0 Å². The highest BCUT2D eigenvalue weighted by Gasteiger charge is 2.23. The topological polar surface area (TPSA) is 55.8 Å². The fraction of sp³-hybridized carbons (Fsp3) is 0.611. The van der Waals surface area contributed by atoms with E-state index in [9.17, 15) is 14.3 Å². The van der Waals surface area contributed by atoms with Gasteiger partial charge in [0.2, 0.25) is 5.91 Å². The Morgan fingerprint density at radius 3 is 2.54 bits per heavy atom. The van der Waals surface area contributed by atoms with E-state index in [4.69, 9.17) is 0 Å². The third kappa shape index (κ3) is 4.68. The van der Waals surface area contributed by atoms with Crippen LogP contribution < -0.4 is 10.2 Å². The highest BCUT2D eigenvalue weighted by molar-refractivity contribution is 5.78. The molecule has 2 heterocycles. The van der Waals surface area contributed by atoms with E-state index in [1.807, 2.05) is 4.90 Å². The van der Waals surface area contributed by atoms with Gasteiger partial charge in [-0.05, 0) is 56.5 Å². The predicted octanol–water partition coefficient (Wildman–Crippen LogP) is 1.37. The number of nitrogens with zero attached hydrogens (tertiary/aromatic N) is 2. The van der Waals surface area contributed by atoms with Crippen molar-refractivity contribution in [3.8, 4) is 0 Å². The Labute approximate surface area is 142 Å². The summed E-state index contributed by atoms with van der Waals surface area (Å²) in [5.74, 6) is -0.173. The second-order valence-electron chi connectivity index (χ2n) is 6.84. The number of carbonyl (C=O) groups excluding carboxylic acids is 1. The van der Waals surface area contributed by atoms with Crippen molar-refractivity contribution in [1.29, 1.82) is 0 Å². The first-order valence-electron chi connectivity index (χ1n) is 8.80. The van der Waals surface area contributed by atoms with Crippen molar-refractivity contribution in [3.63, 3.8) is 0 Å². The van der Waals surface area contributed by atoms with Crippen molar-refractivity contribution in [1.82, 2.24) is 10.2 Å². The summed E-state index contributed by atoms with van der Waals surface area (Å²) in [4.78, 5) is 16.4. The monoisotopic (exact) mass is 335 g/mol. The van der Waals surface area contributed by atoms with E-state index in [0.29, 0.717) is 13.1 Å². The second-order valence-corrected chi connectivity index (χ2v) is 6.84. The fourth-order valence-electron chi connectivity index (χ4n) is 3.59. The number of carbonyl (C=O) groups is 1. The number of likely N-dealkylation sites (tertiary alicyclic amines) is 1. The lowest BCUT2D eigenvalue weighted by Gasteiger charge is -2.35. The molecule has 24 heavy (non-hydrogen) atoms. The number of anilines is 1. The zero-order valence-electron chi connectivity index (χ0n) is 14.0. The van der Waals surface area contributed by atoms with Crippen molar-refractivity contribution in [3.05, 3.63) is 30.1 Å². The third-order valence-electron chi connectivity index (χ3n) is 4.90. The number of β-amino-alcohol motifs (C(OH)–C–C–N with tert-alkyl or cyclic N) is 1. The van der Waals surface area contributed by atoms with E-state index in [2.05, 4.69) is 10.2 Å². The van der Waals surface area contributed by atoms with Crippen molar-refractivity contribution in [2.45, 2.75) is 37.8 Å². The summed E-state index contributed by atoms with van der Waals surface area (Å²) in [6, 6.07) is 6.77. The number of hydrogen-bond acceptors (Lipinski definition) is 4. The zero-order chi connectivity index (χ0) is 16.9. The van der Waals surface area contributed by atoms with Crippen LogP contribution in [-0.2, 0) is 4.79 Å². The molecule has 2 aliphatic rings. The number of aliphatic hydroxyl groups excluding tert-OH is 1. The molecule has 5 nitrogen and oxygen atoms in total. The van der Waals surface area contributed by atoms with Gasteiger partial charge in [0.05, 0.1) is 12.6 Å². The first-order chi connectivity index (χ1) is 11.6. The van der Waals surface area contributed by atoms with E-state index in [0.717, 1.165) is 51.0 Å². The minimum absolute atomic E-state index is 0.0457. The van der Waals surface area contributed by atoms with Gasteiger partial charge in [0.1, 0.15) is 5.82 Å². The van der Waals surface area contributed by atoms with Gasteiger partial charge in [-0.25, -0.2) is 4.39 Å². The number of amides is 1. The van der Waals surface area contributed by atoms with Crippen LogP contribution in [0.4, 0.5) is 10.1 Å². The number of rotatable bonds is 4. The van der Waals surface area contributed by atoms with Gasteiger partial charge in [-0.15, -0.1) is 0 Å². The Balaban J connectivity index is 1.41. The SMILES string of the molecule is O=C(CN1CCCC(O)C1)NC1CCN(c2ccc(F)cc2)CC1. The Kier molecular flexibility index (Phi) is 5.68. The predicted molar refractivity (Wildman–Crippen MR) is 91.5 cm³/mol. The van der Waals surface area contributed by atoms with Crippen LogP contribution in [-0.4, -0.2) is 60.8 Å². The standard InChI is InChI=1S/C18H26FN3O2/c19-14-3-5-16(6-4-14)22-10-7-15(8-11-22)20-18(24)13-21-9-1-2-17(23)12-21/h3-6,15,17,23H,1-2,7-13H2,(H,20,24). The molecule has 1 aromatic carbocycles. The normalized spacial score (nSPS) is 23.2. The average Bonchev–Trinajstić information content (AvgIpc) is 2.56. The molecule has 0 saturated carbocycles. The van der Waals surface area contributed by atoms with E-state index < -0.39 is 0 Å². The Morgan fingerprint density at radius 2 is 1.88 bits per heavy atom. The molecular formula is C18H26FN3O2. The summed E-state index contributed by atoms with van der Waals surface area (Å²) >= 11 is 0. The molecule has 2 saturated heterocycles. The minimum Gasteiger partial charge on any atom is -0.392 e. The highest BCUT2D eigenvalue weighted by Crippen LogP contribution is 2.20. The molecule has 2 aliphatic heterocycles. The highest BCUT2D eigenvalue weighted by atomic mass is 19.1. The molecule has 1 unspecified atom stereocenters. The summed E-state index contributed by atoms with van der Waals surface area (Å²) in [6.45, 7) is 3.57. The van der Waals surface area contributed by atoms with Gasteiger partial charge in [-0.3, -0.25) is 9.69 Å². The molecule has 2 fully saturated rings. The zero-order valence-corrected chi connectivity index (χ0v) is 14.0. The lowest BCUT2D eigenvalue weighted by molar-refractivity contribution is -0.123. The molecule has 0 spiro atoms. The summed E-state index contributed by atoms with van der Waals surface area (Å²) in [7, 11) is 0. The van der Waals surface area contributed by atoms with E-state index in [-0.39, 0.29) is 23.9 Å². The van der Waals surface area contributed by atoms with Crippen molar-refractivity contribution >= 4 is 11.6 Å². The molecule has 0 aromatic heterocycles. The maximum atomic E-state index is 13.0. The van der Waals surface area contributed by atoms with Crippen LogP contribution in [0.5, 0.6) is 0 Å². The van der Waals surface area contributed by atoms with Crippen molar-refractivity contribution in [2.75, 3.05) is 37.6 Å². The first-order valence-corrected chi connectivity index (χ1v) is 8.80. The van der Waals surface area contributed by atoms with Gasteiger partial charge in [0.25, 0.3) is 0 Å². The van der Waals surface area contributed by atoms with Gasteiger partial charge in [0, 0.05) is 31.4 Å². The molecule has 3 rings (SSSR count). The Morgan fingerprint density at radius 1 is 1.17 bits per heavy atom. The van der Waals surface area contributed by atoms with Crippen LogP contribution in [0.25, 0.3) is 0 Å². The van der Waals surface area contributed by atoms with Gasteiger partial charge < -0.3 is 15.3 Å². The lowest BCUT2D eigenvalue weighted by atomic mass is 10.0. The van der Waals surface area contributed by atoms with Crippen LogP contribution in [0.2, 0.25) is 0 Å². The van der Waals surface area contributed by atoms with Crippen LogP contribution >= 0.6 is 0 Å². The Bertz CT molecular complexity index is 544. The minimum atomic E-state index is -0.300. The number of aliphatic hydroxyl groups is 1. The average molecular weight is 335 g/mol. The molecule has 0 radical (unpaired) electrons. The smallest absolute Gasteiger partial charge is 0.234 e. The van der Waals surface area contributed by atoms with Crippen LogP contribution in [0.1, 0.15) is 25.7 Å². The number of nitrogens with one attached hydrogen (secondary N) is 1. The van der Waals surface area contributed by atoms with Crippen molar-refractivity contribution < 1.29 is 14.3 Å². The largest absolute Gasteiger partial charge is 0.392 e.